The molecule has 0 aliphatic heterocycles. The SMILES string of the molecule is COc1ccc(C2C(=O)c3ccccc3C2=O)c2ccccc12. The van der Waals surface area contributed by atoms with Crippen molar-refractivity contribution in [3.05, 3.63) is 77.4 Å². The minimum absolute atomic E-state index is 0.124. The molecule has 0 unspecified atom stereocenters. The molecule has 3 aromatic rings. The van der Waals surface area contributed by atoms with Gasteiger partial charge in [-0.1, -0.05) is 54.6 Å². The normalized spacial score (nSPS) is 14.3. The van der Waals surface area contributed by atoms with E-state index in [4.69, 9.17) is 4.74 Å². The van der Waals surface area contributed by atoms with E-state index in [-0.39, 0.29) is 11.6 Å². The van der Waals surface area contributed by atoms with Crippen molar-refractivity contribution >= 4 is 22.3 Å². The third-order valence-corrected chi connectivity index (χ3v) is 4.43. The number of hydrogen-bond acceptors (Lipinski definition) is 3. The highest BCUT2D eigenvalue weighted by Crippen LogP contribution is 2.39. The number of ether oxygens (including phenoxy) is 1. The zero-order valence-corrected chi connectivity index (χ0v) is 12.6. The van der Waals surface area contributed by atoms with Crippen molar-refractivity contribution in [2.75, 3.05) is 7.11 Å². The predicted molar refractivity (Wildman–Crippen MR) is 88.3 cm³/mol. The molecule has 0 fully saturated rings. The second-order valence-electron chi connectivity index (χ2n) is 5.61. The van der Waals surface area contributed by atoms with Crippen LogP contribution >= 0.6 is 0 Å². The van der Waals surface area contributed by atoms with Gasteiger partial charge < -0.3 is 4.74 Å². The molecule has 3 heteroatoms. The van der Waals surface area contributed by atoms with Crippen molar-refractivity contribution in [2.24, 2.45) is 0 Å². The van der Waals surface area contributed by atoms with Gasteiger partial charge in [0.25, 0.3) is 0 Å². The second kappa shape index (κ2) is 5.06. The third kappa shape index (κ3) is 1.90. The van der Waals surface area contributed by atoms with Gasteiger partial charge in [-0.2, -0.15) is 0 Å². The molecule has 0 N–H and O–H groups in total. The first-order chi connectivity index (χ1) is 11.2. The lowest BCUT2D eigenvalue weighted by molar-refractivity contribution is 0.0891. The Labute approximate surface area is 133 Å². The fraction of sp³-hybridized carbons (Fsp3) is 0.100. The maximum absolute atomic E-state index is 12.8. The Kier molecular flexibility index (Phi) is 3.01. The molecule has 0 saturated heterocycles. The van der Waals surface area contributed by atoms with E-state index in [0.717, 1.165) is 22.1 Å². The van der Waals surface area contributed by atoms with Crippen LogP contribution in [0.15, 0.2) is 60.7 Å². The Bertz CT molecular complexity index is 921. The monoisotopic (exact) mass is 302 g/mol. The van der Waals surface area contributed by atoms with Crippen LogP contribution in [-0.4, -0.2) is 18.7 Å². The van der Waals surface area contributed by atoms with Gasteiger partial charge >= 0.3 is 0 Å². The molecular formula is C20H14O3. The zero-order valence-electron chi connectivity index (χ0n) is 12.6. The summed E-state index contributed by atoms with van der Waals surface area (Å²) in [5.74, 6) is -0.273. The fourth-order valence-corrected chi connectivity index (χ4v) is 3.35. The van der Waals surface area contributed by atoms with Crippen molar-refractivity contribution in [1.29, 1.82) is 0 Å². The van der Waals surface area contributed by atoms with Gasteiger partial charge in [0.15, 0.2) is 11.6 Å². The average molecular weight is 302 g/mol. The summed E-state index contributed by atoms with van der Waals surface area (Å²) in [7, 11) is 1.61. The number of hydrogen-bond donors (Lipinski definition) is 0. The molecule has 4 rings (SSSR count). The van der Waals surface area contributed by atoms with Crippen molar-refractivity contribution in [3.63, 3.8) is 0 Å². The maximum atomic E-state index is 12.8. The Morgan fingerprint density at radius 3 is 1.91 bits per heavy atom. The molecule has 0 bridgehead atoms. The number of carbonyl (C=O) groups is 2. The number of Topliss-reactive ketones (excluding diaryl/α,β-unsaturated/α-hetero) is 2. The van der Waals surface area contributed by atoms with Gasteiger partial charge in [-0.3, -0.25) is 9.59 Å². The summed E-state index contributed by atoms with van der Waals surface area (Å²) in [6.45, 7) is 0. The van der Waals surface area contributed by atoms with E-state index in [9.17, 15) is 9.59 Å². The molecule has 23 heavy (non-hydrogen) atoms. The van der Waals surface area contributed by atoms with Crippen LogP contribution in [0.2, 0.25) is 0 Å². The summed E-state index contributed by atoms with van der Waals surface area (Å²) < 4.78 is 5.39. The van der Waals surface area contributed by atoms with Crippen LogP contribution in [0.25, 0.3) is 10.8 Å². The molecule has 0 spiro atoms. The minimum Gasteiger partial charge on any atom is -0.496 e. The lowest BCUT2D eigenvalue weighted by Crippen LogP contribution is -2.13. The summed E-state index contributed by atoms with van der Waals surface area (Å²) in [6.07, 6.45) is 0. The fourth-order valence-electron chi connectivity index (χ4n) is 3.35. The van der Waals surface area contributed by atoms with Gasteiger partial charge in [0.05, 0.1) is 7.11 Å². The first kappa shape index (κ1) is 13.7. The smallest absolute Gasteiger partial charge is 0.178 e. The Balaban J connectivity index is 1.95. The standard InChI is InChI=1S/C20H14O3/c1-23-17-11-10-14(12-6-2-3-7-13(12)17)18-19(21)15-8-4-5-9-16(15)20(18)22/h2-11,18H,1H3. The summed E-state index contributed by atoms with van der Waals surface area (Å²) >= 11 is 0. The van der Waals surface area contributed by atoms with Crippen LogP contribution in [0.4, 0.5) is 0 Å². The molecule has 112 valence electrons. The third-order valence-electron chi connectivity index (χ3n) is 4.43. The summed E-state index contributed by atoms with van der Waals surface area (Å²) in [5, 5.41) is 1.79. The molecule has 1 aliphatic carbocycles. The van der Waals surface area contributed by atoms with Crippen molar-refractivity contribution in [2.45, 2.75) is 5.92 Å². The van der Waals surface area contributed by atoms with Crippen LogP contribution in [0.3, 0.4) is 0 Å². The van der Waals surface area contributed by atoms with E-state index in [1.165, 1.54) is 0 Å². The van der Waals surface area contributed by atoms with E-state index < -0.39 is 5.92 Å². The molecule has 3 nitrogen and oxygen atoms in total. The molecular weight excluding hydrogens is 288 g/mol. The van der Waals surface area contributed by atoms with Gasteiger partial charge in [0, 0.05) is 16.5 Å². The Hall–Kier alpha value is -2.94. The highest BCUT2D eigenvalue weighted by atomic mass is 16.5. The Morgan fingerprint density at radius 1 is 0.739 bits per heavy atom. The number of rotatable bonds is 2. The minimum atomic E-state index is -0.761. The predicted octanol–water partition coefficient (Wildman–Crippen LogP) is 4.01. The molecule has 0 heterocycles. The number of ketones is 2. The zero-order chi connectivity index (χ0) is 16.0. The number of benzene rings is 3. The number of methoxy groups -OCH3 is 1. The van der Waals surface area contributed by atoms with Crippen LogP contribution in [0.5, 0.6) is 5.75 Å². The van der Waals surface area contributed by atoms with Gasteiger partial charge in [0.2, 0.25) is 0 Å². The highest BCUT2D eigenvalue weighted by molar-refractivity contribution is 6.30. The molecule has 1 aliphatic rings. The van der Waals surface area contributed by atoms with Gasteiger partial charge in [-0.15, -0.1) is 0 Å². The van der Waals surface area contributed by atoms with Gasteiger partial charge in [-0.25, -0.2) is 0 Å². The summed E-state index contributed by atoms with van der Waals surface area (Å²) in [5.41, 5.74) is 1.78. The lowest BCUT2D eigenvalue weighted by Gasteiger charge is -2.13. The Morgan fingerprint density at radius 2 is 1.30 bits per heavy atom. The van der Waals surface area contributed by atoms with Gasteiger partial charge in [-0.05, 0) is 17.0 Å². The molecule has 0 aromatic heterocycles. The highest BCUT2D eigenvalue weighted by Gasteiger charge is 2.40. The van der Waals surface area contributed by atoms with Crippen LogP contribution < -0.4 is 4.74 Å². The van der Waals surface area contributed by atoms with Crippen LogP contribution in [-0.2, 0) is 0 Å². The molecule has 0 radical (unpaired) electrons. The van der Waals surface area contributed by atoms with Crippen LogP contribution in [0.1, 0.15) is 32.2 Å². The maximum Gasteiger partial charge on any atom is 0.178 e. The topological polar surface area (TPSA) is 43.4 Å². The lowest BCUT2D eigenvalue weighted by atomic mass is 9.89. The van der Waals surface area contributed by atoms with Gasteiger partial charge in [0.1, 0.15) is 11.7 Å². The first-order valence-corrected chi connectivity index (χ1v) is 7.45. The largest absolute Gasteiger partial charge is 0.496 e. The second-order valence-corrected chi connectivity index (χ2v) is 5.61. The molecule has 0 atom stereocenters. The van der Waals surface area contributed by atoms with Crippen molar-refractivity contribution in [1.82, 2.24) is 0 Å². The summed E-state index contributed by atoms with van der Waals surface area (Å²) in [6, 6.07) is 18.4. The molecule has 0 amide bonds. The van der Waals surface area contributed by atoms with Crippen LogP contribution in [0, 0.1) is 0 Å². The summed E-state index contributed by atoms with van der Waals surface area (Å²) in [4.78, 5) is 25.5. The number of carbonyl (C=O) groups excluding carboxylic acids is 2. The van der Waals surface area contributed by atoms with Crippen molar-refractivity contribution in [3.8, 4) is 5.75 Å². The van der Waals surface area contributed by atoms with E-state index in [1.54, 1.807) is 31.4 Å². The van der Waals surface area contributed by atoms with E-state index in [0.29, 0.717) is 11.1 Å². The molecule has 3 aromatic carbocycles. The quantitative estimate of drug-likeness (QED) is 0.672. The average Bonchev–Trinajstić information content (AvgIpc) is 2.85. The van der Waals surface area contributed by atoms with Crippen molar-refractivity contribution < 1.29 is 14.3 Å². The van der Waals surface area contributed by atoms with E-state index >= 15 is 0 Å². The van der Waals surface area contributed by atoms with E-state index in [2.05, 4.69) is 0 Å². The first-order valence-electron chi connectivity index (χ1n) is 7.45. The van der Waals surface area contributed by atoms with E-state index in [1.807, 2.05) is 36.4 Å². The molecule has 0 saturated carbocycles. The number of fused-ring (bicyclic) bond motifs is 2.